The van der Waals surface area contributed by atoms with E-state index in [9.17, 15) is 4.79 Å². The SMILES string of the molecule is COc1ccccc1N1CCN(CCCCC(=O)Nc2cccc(C(C)(C)C)c2)CC1. The zero-order chi connectivity index (χ0) is 22.3. The van der Waals surface area contributed by atoms with Gasteiger partial charge >= 0.3 is 0 Å². The van der Waals surface area contributed by atoms with Crippen LogP contribution in [0.5, 0.6) is 5.75 Å². The molecule has 0 aliphatic carbocycles. The summed E-state index contributed by atoms with van der Waals surface area (Å²) in [5, 5.41) is 3.06. The topological polar surface area (TPSA) is 44.8 Å². The fourth-order valence-corrected chi connectivity index (χ4v) is 4.01. The molecule has 2 aromatic rings. The maximum atomic E-state index is 12.3. The zero-order valence-electron chi connectivity index (χ0n) is 19.5. The van der Waals surface area contributed by atoms with Crippen LogP contribution in [-0.2, 0) is 10.2 Å². The number of carbonyl (C=O) groups is 1. The van der Waals surface area contributed by atoms with E-state index in [1.165, 1.54) is 11.3 Å². The van der Waals surface area contributed by atoms with Gasteiger partial charge in [0.25, 0.3) is 0 Å². The number of hydrogen-bond acceptors (Lipinski definition) is 4. The van der Waals surface area contributed by atoms with Gasteiger partial charge in [0.2, 0.25) is 5.91 Å². The first-order valence-electron chi connectivity index (χ1n) is 11.4. The molecule has 5 heteroatoms. The number of benzene rings is 2. The minimum atomic E-state index is 0.0798. The Hall–Kier alpha value is -2.53. The molecule has 5 nitrogen and oxygen atoms in total. The van der Waals surface area contributed by atoms with Crippen LogP contribution >= 0.6 is 0 Å². The fraction of sp³-hybridized carbons (Fsp3) is 0.500. The van der Waals surface area contributed by atoms with Gasteiger partial charge in [-0.25, -0.2) is 0 Å². The molecule has 3 rings (SSSR count). The molecular weight excluding hydrogens is 386 g/mol. The lowest BCUT2D eigenvalue weighted by molar-refractivity contribution is -0.116. The summed E-state index contributed by atoms with van der Waals surface area (Å²) >= 11 is 0. The lowest BCUT2D eigenvalue weighted by Crippen LogP contribution is -2.46. The zero-order valence-corrected chi connectivity index (χ0v) is 19.5. The monoisotopic (exact) mass is 423 g/mol. The average molecular weight is 424 g/mol. The van der Waals surface area contributed by atoms with Crippen LogP contribution in [0.4, 0.5) is 11.4 Å². The molecule has 168 valence electrons. The molecule has 1 aliphatic heterocycles. The van der Waals surface area contributed by atoms with Gasteiger partial charge in [0.15, 0.2) is 0 Å². The van der Waals surface area contributed by atoms with E-state index in [0.29, 0.717) is 6.42 Å². The van der Waals surface area contributed by atoms with Crippen molar-refractivity contribution in [2.24, 2.45) is 0 Å². The molecule has 2 aromatic carbocycles. The van der Waals surface area contributed by atoms with Crippen LogP contribution in [0.3, 0.4) is 0 Å². The number of ether oxygens (including phenoxy) is 1. The third-order valence-electron chi connectivity index (χ3n) is 5.94. The average Bonchev–Trinajstić information content (AvgIpc) is 2.77. The highest BCUT2D eigenvalue weighted by Crippen LogP contribution is 2.28. The van der Waals surface area contributed by atoms with E-state index in [1.54, 1.807) is 7.11 Å². The molecule has 31 heavy (non-hydrogen) atoms. The highest BCUT2D eigenvalue weighted by Gasteiger charge is 2.19. The van der Waals surface area contributed by atoms with Crippen LogP contribution in [0.1, 0.15) is 45.6 Å². The highest BCUT2D eigenvalue weighted by atomic mass is 16.5. The lowest BCUT2D eigenvalue weighted by Gasteiger charge is -2.36. The Labute approximate surface area is 187 Å². The number of nitrogens with one attached hydrogen (secondary N) is 1. The van der Waals surface area contributed by atoms with Gasteiger partial charge in [0.1, 0.15) is 5.75 Å². The van der Waals surface area contributed by atoms with E-state index in [2.05, 4.69) is 60.2 Å². The van der Waals surface area contributed by atoms with Crippen molar-refractivity contribution >= 4 is 17.3 Å². The van der Waals surface area contributed by atoms with Gasteiger partial charge in [0, 0.05) is 38.3 Å². The molecule has 0 unspecified atom stereocenters. The first-order chi connectivity index (χ1) is 14.9. The predicted octanol–water partition coefficient (Wildman–Crippen LogP) is 4.92. The minimum Gasteiger partial charge on any atom is -0.495 e. The summed E-state index contributed by atoms with van der Waals surface area (Å²) in [7, 11) is 1.73. The summed E-state index contributed by atoms with van der Waals surface area (Å²) < 4.78 is 5.50. The first-order valence-corrected chi connectivity index (χ1v) is 11.4. The van der Waals surface area contributed by atoms with E-state index >= 15 is 0 Å². The maximum absolute atomic E-state index is 12.3. The normalized spacial score (nSPS) is 15.0. The smallest absolute Gasteiger partial charge is 0.224 e. The number of rotatable bonds is 8. The Balaban J connectivity index is 1.36. The molecule has 0 bridgehead atoms. The second-order valence-corrected chi connectivity index (χ2v) is 9.34. The molecule has 1 amide bonds. The van der Waals surface area contributed by atoms with E-state index < -0.39 is 0 Å². The first kappa shape index (κ1) is 23.1. The number of unbranched alkanes of at least 4 members (excludes halogenated alkanes) is 1. The number of anilines is 2. The number of methoxy groups -OCH3 is 1. The van der Waals surface area contributed by atoms with Crippen LogP contribution < -0.4 is 15.0 Å². The van der Waals surface area contributed by atoms with Crippen molar-refractivity contribution < 1.29 is 9.53 Å². The van der Waals surface area contributed by atoms with E-state index in [1.807, 2.05) is 24.3 Å². The summed E-state index contributed by atoms with van der Waals surface area (Å²) in [5.74, 6) is 1.04. The van der Waals surface area contributed by atoms with E-state index in [4.69, 9.17) is 4.74 Å². The number of amides is 1. The van der Waals surface area contributed by atoms with Gasteiger partial charge in [-0.15, -0.1) is 0 Å². The van der Waals surface area contributed by atoms with Crippen LogP contribution in [-0.4, -0.2) is 50.6 Å². The number of piperazine rings is 1. The van der Waals surface area contributed by atoms with Crippen molar-refractivity contribution in [1.82, 2.24) is 4.90 Å². The van der Waals surface area contributed by atoms with Gasteiger partial charge in [-0.05, 0) is 54.6 Å². The Bertz CT molecular complexity index is 852. The quantitative estimate of drug-likeness (QED) is 0.612. The predicted molar refractivity (Wildman–Crippen MR) is 129 cm³/mol. The molecule has 0 saturated carbocycles. The minimum absolute atomic E-state index is 0.0798. The second kappa shape index (κ2) is 10.7. The molecule has 1 N–H and O–H groups in total. The standard InChI is InChI=1S/C26H37N3O2/c1-26(2,3)21-10-9-11-22(20-21)27-25(30)14-7-8-15-28-16-18-29(19-17-28)23-12-5-6-13-24(23)31-4/h5-6,9-13,20H,7-8,14-19H2,1-4H3,(H,27,30). The third-order valence-corrected chi connectivity index (χ3v) is 5.94. The van der Waals surface area contributed by atoms with Gasteiger partial charge < -0.3 is 15.0 Å². The summed E-state index contributed by atoms with van der Waals surface area (Å²) in [6.45, 7) is 11.7. The Morgan fingerprint density at radius 2 is 1.74 bits per heavy atom. The van der Waals surface area contributed by atoms with Crippen molar-refractivity contribution in [3.8, 4) is 5.75 Å². The summed E-state index contributed by atoms with van der Waals surface area (Å²) in [5.41, 5.74) is 3.38. The fourth-order valence-electron chi connectivity index (χ4n) is 4.01. The Morgan fingerprint density at radius 1 is 1.00 bits per heavy atom. The van der Waals surface area contributed by atoms with Crippen LogP contribution in [0, 0.1) is 0 Å². The summed E-state index contributed by atoms with van der Waals surface area (Å²) in [6, 6.07) is 16.4. The van der Waals surface area contributed by atoms with Gasteiger partial charge in [0.05, 0.1) is 12.8 Å². The molecule has 0 atom stereocenters. The molecular formula is C26H37N3O2. The molecule has 1 aliphatic rings. The second-order valence-electron chi connectivity index (χ2n) is 9.34. The third kappa shape index (κ3) is 6.73. The van der Waals surface area contributed by atoms with Crippen LogP contribution in [0.2, 0.25) is 0 Å². The molecule has 0 aromatic heterocycles. The van der Waals surface area contributed by atoms with Crippen molar-refractivity contribution in [2.75, 3.05) is 50.1 Å². The molecule has 1 heterocycles. The summed E-state index contributed by atoms with van der Waals surface area (Å²) in [4.78, 5) is 17.2. The van der Waals surface area contributed by atoms with Crippen LogP contribution in [0.15, 0.2) is 48.5 Å². The lowest BCUT2D eigenvalue weighted by atomic mass is 9.87. The number of hydrogen-bond donors (Lipinski definition) is 1. The molecule has 0 spiro atoms. The highest BCUT2D eigenvalue weighted by molar-refractivity contribution is 5.90. The Kier molecular flexibility index (Phi) is 7.97. The molecule has 0 radical (unpaired) electrons. The van der Waals surface area contributed by atoms with E-state index in [-0.39, 0.29) is 11.3 Å². The van der Waals surface area contributed by atoms with Crippen molar-refractivity contribution in [1.29, 1.82) is 0 Å². The number of carbonyl (C=O) groups excluding carboxylic acids is 1. The van der Waals surface area contributed by atoms with Gasteiger partial charge in [-0.3, -0.25) is 9.69 Å². The maximum Gasteiger partial charge on any atom is 0.224 e. The Morgan fingerprint density at radius 3 is 2.45 bits per heavy atom. The summed E-state index contributed by atoms with van der Waals surface area (Å²) in [6.07, 6.45) is 2.53. The van der Waals surface area contributed by atoms with Gasteiger partial charge in [-0.2, -0.15) is 0 Å². The van der Waals surface area contributed by atoms with Crippen molar-refractivity contribution in [2.45, 2.75) is 45.4 Å². The van der Waals surface area contributed by atoms with Gasteiger partial charge in [-0.1, -0.05) is 45.0 Å². The largest absolute Gasteiger partial charge is 0.495 e. The van der Waals surface area contributed by atoms with Crippen molar-refractivity contribution in [3.63, 3.8) is 0 Å². The van der Waals surface area contributed by atoms with E-state index in [0.717, 1.165) is 57.0 Å². The number of nitrogens with zero attached hydrogens (tertiary/aromatic N) is 2. The van der Waals surface area contributed by atoms with Crippen LogP contribution in [0.25, 0.3) is 0 Å². The molecule has 1 saturated heterocycles. The number of para-hydroxylation sites is 2. The molecule has 1 fully saturated rings. The van der Waals surface area contributed by atoms with Crippen molar-refractivity contribution in [3.05, 3.63) is 54.1 Å².